The van der Waals surface area contributed by atoms with E-state index in [1.807, 2.05) is 0 Å². The molecular weight excluding hydrogens is 248 g/mol. The first-order chi connectivity index (χ1) is 9.62. The van der Waals surface area contributed by atoms with Crippen molar-refractivity contribution in [3.05, 3.63) is 0 Å². The van der Waals surface area contributed by atoms with E-state index in [1.54, 1.807) is 0 Å². The highest BCUT2D eigenvalue weighted by Crippen LogP contribution is 2.37. The number of hydrogen-bond acceptors (Lipinski definition) is 3. The molecule has 0 heterocycles. The summed E-state index contributed by atoms with van der Waals surface area (Å²) in [5.74, 6) is 0.958. The molecule has 3 nitrogen and oxygen atoms in total. The van der Waals surface area contributed by atoms with E-state index in [-0.39, 0.29) is 5.54 Å². The third kappa shape index (κ3) is 3.55. The van der Waals surface area contributed by atoms with Gasteiger partial charge in [-0.1, -0.05) is 0 Å². The molecule has 0 bridgehead atoms. The number of aliphatic hydroxyl groups is 1. The molecule has 0 radical (unpaired) electrons. The predicted octanol–water partition coefficient (Wildman–Crippen LogP) is 2.53. The maximum absolute atomic E-state index is 9.97. The van der Waals surface area contributed by atoms with Crippen LogP contribution in [-0.4, -0.2) is 46.8 Å². The molecule has 116 valence electrons. The van der Waals surface area contributed by atoms with Crippen LogP contribution in [0.2, 0.25) is 0 Å². The molecule has 0 aromatic rings. The monoisotopic (exact) mass is 280 g/mol. The van der Waals surface area contributed by atoms with Crippen molar-refractivity contribution in [2.24, 2.45) is 5.92 Å². The molecule has 0 aliphatic heterocycles. The van der Waals surface area contributed by atoms with E-state index < -0.39 is 0 Å². The minimum absolute atomic E-state index is 0.0147. The van der Waals surface area contributed by atoms with Crippen molar-refractivity contribution in [2.45, 2.75) is 88.9 Å². The molecule has 0 amide bonds. The van der Waals surface area contributed by atoms with Gasteiger partial charge in [0.1, 0.15) is 0 Å². The van der Waals surface area contributed by atoms with E-state index in [0.717, 1.165) is 18.8 Å². The largest absolute Gasteiger partial charge is 0.394 e. The summed E-state index contributed by atoms with van der Waals surface area (Å²) in [4.78, 5) is 2.73. The van der Waals surface area contributed by atoms with Gasteiger partial charge in [0.25, 0.3) is 0 Å². The number of rotatable bonds is 7. The fraction of sp³-hybridized carbons (Fsp3) is 1.00. The third-order valence-electron chi connectivity index (χ3n) is 5.51. The Bertz CT molecular complexity index is 325. The lowest BCUT2D eigenvalue weighted by molar-refractivity contribution is 0.0417. The van der Waals surface area contributed by atoms with Crippen molar-refractivity contribution < 1.29 is 5.11 Å². The Morgan fingerprint density at radius 2 is 1.95 bits per heavy atom. The number of nitrogens with zero attached hydrogens (tertiary/aromatic N) is 1. The van der Waals surface area contributed by atoms with Gasteiger partial charge < -0.3 is 10.4 Å². The maximum Gasteiger partial charge on any atom is 0.0613 e. The average molecular weight is 280 g/mol. The fourth-order valence-corrected chi connectivity index (χ4v) is 3.98. The van der Waals surface area contributed by atoms with E-state index >= 15 is 0 Å². The summed E-state index contributed by atoms with van der Waals surface area (Å²) < 4.78 is 0. The molecule has 0 aromatic heterocycles. The predicted molar refractivity (Wildman–Crippen MR) is 82.8 cm³/mol. The molecule has 2 atom stereocenters. The van der Waals surface area contributed by atoms with E-state index in [4.69, 9.17) is 0 Å². The van der Waals surface area contributed by atoms with Gasteiger partial charge in [0.05, 0.1) is 6.61 Å². The maximum atomic E-state index is 9.97. The SMILES string of the molecule is CC(C)N(CC1CC1)C1CCCC(CO)(NC2CC2)C1. The van der Waals surface area contributed by atoms with Crippen LogP contribution < -0.4 is 5.32 Å². The molecule has 0 aromatic carbocycles. The molecule has 3 rings (SSSR count). The van der Waals surface area contributed by atoms with Crippen LogP contribution in [0.4, 0.5) is 0 Å². The Morgan fingerprint density at radius 3 is 2.50 bits per heavy atom. The van der Waals surface area contributed by atoms with Crippen molar-refractivity contribution in [2.75, 3.05) is 13.2 Å². The summed E-state index contributed by atoms with van der Waals surface area (Å²) >= 11 is 0. The number of hydrogen-bond donors (Lipinski definition) is 2. The van der Waals surface area contributed by atoms with Gasteiger partial charge in [0.2, 0.25) is 0 Å². The molecule has 3 aliphatic carbocycles. The number of aliphatic hydroxyl groups excluding tert-OH is 1. The first-order valence-corrected chi connectivity index (χ1v) is 8.76. The van der Waals surface area contributed by atoms with Crippen LogP contribution in [0.15, 0.2) is 0 Å². The summed E-state index contributed by atoms with van der Waals surface area (Å²) in [6.07, 6.45) is 10.4. The molecule has 2 N–H and O–H groups in total. The molecule has 3 saturated carbocycles. The zero-order valence-corrected chi connectivity index (χ0v) is 13.3. The minimum atomic E-state index is 0.0147. The van der Waals surface area contributed by atoms with Crippen molar-refractivity contribution >= 4 is 0 Å². The second-order valence-corrected chi connectivity index (χ2v) is 7.84. The average Bonchev–Trinajstić information content (AvgIpc) is 3.31. The summed E-state index contributed by atoms with van der Waals surface area (Å²) in [6.45, 7) is 6.28. The van der Waals surface area contributed by atoms with Crippen molar-refractivity contribution in [3.63, 3.8) is 0 Å². The second kappa shape index (κ2) is 5.94. The zero-order chi connectivity index (χ0) is 14.2. The standard InChI is InChI=1S/C17H32N2O/c1-13(2)19(11-14-5-6-14)16-4-3-9-17(10-16,12-20)18-15-7-8-15/h13-16,18,20H,3-12H2,1-2H3. The molecule has 3 fully saturated rings. The molecule has 20 heavy (non-hydrogen) atoms. The molecule has 2 unspecified atom stereocenters. The molecule has 0 saturated heterocycles. The highest BCUT2D eigenvalue weighted by molar-refractivity contribution is 5.01. The smallest absolute Gasteiger partial charge is 0.0613 e. The van der Waals surface area contributed by atoms with Crippen molar-refractivity contribution in [1.29, 1.82) is 0 Å². The fourth-order valence-electron chi connectivity index (χ4n) is 3.98. The first-order valence-electron chi connectivity index (χ1n) is 8.76. The lowest BCUT2D eigenvalue weighted by atomic mass is 9.78. The quantitative estimate of drug-likeness (QED) is 0.752. The summed E-state index contributed by atoms with van der Waals surface area (Å²) in [5.41, 5.74) is 0.0147. The lowest BCUT2D eigenvalue weighted by Crippen LogP contribution is -2.57. The Hall–Kier alpha value is -0.120. The van der Waals surface area contributed by atoms with Crippen molar-refractivity contribution in [1.82, 2.24) is 10.2 Å². The van der Waals surface area contributed by atoms with Crippen LogP contribution in [0.5, 0.6) is 0 Å². The normalized spacial score (nSPS) is 35.0. The van der Waals surface area contributed by atoms with Crippen LogP contribution in [-0.2, 0) is 0 Å². The minimum Gasteiger partial charge on any atom is -0.394 e. The summed E-state index contributed by atoms with van der Waals surface area (Å²) in [5, 5.41) is 13.7. The highest BCUT2D eigenvalue weighted by Gasteiger charge is 2.42. The van der Waals surface area contributed by atoms with Gasteiger partial charge in [-0.25, -0.2) is 0 Å². The van der Waals surface area contributed by atoms with E-state index in [0.29, 0.717) is 24.7 Å². The van der Waals surface area contributed by atoms with Gasteiger partial charge >= 0.3 is 0 Å². The van der Waals surface area contributed by atoms with Crippen LogP contribution in [0.1, 0.15) is 65.2 Å². The molecular formula is C17H32N2O. The Labute approximate surface area is 124 Å². The van der Waals surface area contributed by atoms with Gasteiger partial charge in [-0.05, 0) is 71.1 Å². The van der Waals surface area contributed by atoms with E-state index in [2.05, 4.69) is 24.1 Å². The molecule has 3 heteroatoms. The highest BCUT2D eigenvalue weighted by atomic mass is 16.3. The van der Waals surface area contributed by atoms with Gasteiger partial charge in [-0.2, -0.15) is 0 Å². The van der Waals surface area contributed by atoms with Crippen LogP contribution in [0, 0.1) is 5.92 Å². The van der Waals surface area contributed by atoms with Gasteiger partial charge in [-0.3, -0.25) is 4.90 Å². The zero-order valence-electron chi connectivity index (χ0n) is 13.3. The van der Waals surface area contributed by atoms with Gasteiger partial charge in [0.15, 0.2) is 0 Å². The second-order valence-electron chi connectivity index (χ2n) is 7.84. The Kier molecular flexibility index (Phi) is 4.40. The first kappa shape index (κ1) is 14.8. The van der Waals surface area contributed by atoms with Crippen LogP contribution in [0.3, 0.4) is 0 Å². The Morgan fingerprint density at radius 1 is 1.20 bits per heavy atom. The topological polar surface area (TPSA) is 35.5 Å². The molecule has 0 spiro atoms. The van der Waals surface area contributed by atoms with E-state index in [9.17, 15) is 5.11 Å². The van der Waals surface area contributed by atoms with E-state index in [1.165, 1.54) is 45.1 Å². The van der Waals surface area contributed by atoms with Gasteiger partial charge in [0, 0.05) is 30.2 Å². The number of nitrogens with one attached hydrogen (secondary N) is 1. The van der Waals surface area contributed by atoms with Crippen LogP contribution in [0.25, 0.3) is 0 Å². The lowest BCUT2D eigenvalue weighted by Gasteiger charge is -2.46. The van der Waals surface area contributed by atoms with Crippen molar-refractivity contribution in [3.8, 4) is 0 Å². The third-order valence-corrected chi connectivity index (χ3v) is 5.51. The van der Waals surface area contributed by atoms with Crippen LogP contribution >= 0.6 is 0 Å². The van der Waals surface area contributed by atoms with Gasteiger partial charge in [-0.15, -0.1) is 0 Å². The Balaban J connectivity index is 1.64. The summed E-state index contributed by atoms with van der Waals surface area (Å²) in [7, 11) is 0. The summed E-state index contributed by atoms with van der Waals surface area (Å²) in [6, 6.07) is 2.00. The molecule has 3 aliphatic rings.